The molecule has 4 nitrogen and oxygen atoms in total. The van der Waals surface area contributed by atoms with Crippen molar-refractivity contribution in [1.29, 1.82) is 0 Å². The van der Waals surface area contributed by atoms with Crippen LogP contribution in [0.4, 0.5) is 0 Å². The van der Waals surface area contributed by atoms with Crippen molar-refractivity contribution in [3.8, 4) is 0 Å². The van der Waals surface area contributed by atoms with Crippen LogP contribution in [0.25, 0.3) is 5.57 Å². The number of fused-ring (bicyclic) bond motifs is 3. The van der Waals surface area contributed by atoms with Crippen LogP contribution in [0.1, 0.15) is 64.4 Å². The van der Waals surface area contributed by atoms with Gasteiger partial charge in [-0.25, -0.2) is 0 Å². The Kier molecular flexibility index (Phi) is 4.66. The van der Waals surface area contributed by atoms with Crippen LogP contribution in [-0.2, 0) is 4.79 Å². The first kappa shape index (κ1) is 18.7. The summed E-state index contributed by atoms with van der Waals surface area (Å²) in [6.45, 7) is 4.63. The first-order valence-corrected chi connectivity index (χ1v) is 10.4. The van der Waals surface area contributed by atoms with E-state index in [1.54, 1.807) is 0 Å². The van der Waals surface area contributed by atoms with Gasteiger partial charge in [0.25, 0.3) is 0 Å². The lowest BCUT2D eigenvalue weighted by atomic mass is 9.48. The summed E-state index contributed by atoms with van der Waals surface area (Å²) in [5.74, 6) is 1.44. The largest absolute Gasteiger partial charge is 0.393 e. The van der Waals surface area contributed by atoms with E-state index in [4.69, 9.17) is 5.73 Å². The number of rotatable bonds is 4. The predicted octanol–water partition coefficient (Wildman–Crippen LogP) is 3.94. The van der Waals surface area contributed by atoms with Gasteiger partial charge in [-0.1, -0.05) is 26.0 Å². The number of carbonyl (C=O) groups is 1. The summed E-state index contributed by atoms with van der Waals surface area (Å²) in [6.07, 6.45) is 12.3. The van der Waals surface area contributed by atoms with Crippen molar-refractivity contribution >= 4 is 11.5 Å². The Balaban J connectivity index is 1.61. The number of aromatic nitrogens is 1. The van der Waals surface area contributed by atoms with Crippen LogP contribution < -0.4 is 5.73 Å². The van der Waals surface area contributed by atoms with Gasteiger partial charge in [-0.3, -0.25) is 9.78 Å². The van der Waals surface area contributed by atoms with Crippen molar-refractivity contribution in [2.45, 2.75) is 64.9 Å². The summed E-state index contributed by atoms with van der Waals surface area (Å²) in [5.41, 5.74) is 8.15. The quantitative estimate of drug-likeness (QED) is 0.845. The average molecular weight is 369 g/mol. The van der Waals surface area contributed by atoms with E-state index in [1.165, 1.54) is 11.1 Å². The fourth-order valence-electron chi connectivity index (χ4n) is 6.72. The molecule has 0 aromatic carbocycles. The van der Waals surface area contributed by atoms with Gasteiger partial charge in [0.05, 0.1) is 6.10 Å². The monoisotopic (exact) mass is 368 g/mol. The average Bonchev–Trinajstić information content (AvgIpc) is 3.01. The molecular formula is C23H32N2O2. The molecule has 1 aromatic rings. The zero-order chi connectivity index (χ0) is 19.2. The SMILES string of the molecule is C[C@]1(CCC(N)=O)[C@H](O)CC[C@@H]2[C@@H]1CC[C@]1(C)C(c3cccnc3)=CC[C@@H]21. The molecule has 4 rings (SSSR count). The van der Waals surface area contributed by atoms with Crippen molar-refractivity contribution in [2.75, 3.05) is 0 Å². The molecule has 146 valence electrons. The molecule has 3 aliphatic rings. The summed E-state index contributed by atoms with van der Waals surface area (Å²) in [4.78, 5) is 15.7. The highest BCUT2D eigenvalue weighted by Crippen LogP contribution is 2.65. The highest BCUT2D eigenvalue weighted by Gasteiger charge is 2.57. The van der Waals surface area contributed by atoms with Crippen molar-refractivity contribution in [2.24, 2.45) is 34.3 Å². The molecule has 1 heterocycles. The molecule has 2 fully saturated rings. The number of aliphatic hydroxyl groups is 1. The van der Waals surface area contributed by atoms with E-state index in [2.05, 4.69) is 31.0 Å². The predicted molar refractivity (Wildman–Crippen MR) is 106 cm³/mol. The molecule has 0 aliphatic heterocycles. The molecule has 0 unspecified atom stereocenters. The van der Waals surface area contributed by atoms with Gasteiger partial charge in [0.1, 0.15) is 0 Å². The normalized spacial score (nSPS) is 40.8. The summed E-state index contributed by atoms with van der Waals surface area (Å²) >= 11 is 0. The Bertz CT molecular complexity index is 746. The summed E-state index contributed by atoms with van der Waals surface area (Å²) in [7, 11) is 0. The summed E-state index contributed by atoms with van der Waals surface area (Å²) in [5, 5.41) is 10.8. The molecule has 3 N–H and O–H groups in total. The number of allylic oxidation sites excluding steroid dienone is 2. The molecule has 6 atom stereocenters. The van der Waals surface area contributed by atoms with Crippen LogP contribution >= 0.6 is 0 Å². The van der Waals surface area contributed by atoms with E-state index < -0.39 is 0 Å². The maximum absolute atomic E-state index is 11.4. The van der Waals surface area contributed by atoms with Crippen LogP contribution in [0.5, 0.6) is 0 Å². The standard InChI is InChI=1S/C23H32N2O2/c1-22-11-9-19-16(5-8-20(26)23(19,2)12-10-21(24)27)18(22)7-6-17(22)15-4-3-13-25-14-15/h3-4,6,13-14,16,18-20,26H,5,7-12H2,1-2H3,(H2,24,27)/t16-,18-,19-,20+,22+,23+/m0/s1. The third-order valence-electron chi connectivity index (χ3n) is 8.28. The van der Waals surface area contributed by atoms with E-state index in [9.17, 15) is 9.90 Å². The van der Waals surface area contributed by atoms with Gasteiger partial charge in [0, 0.05) is 18.8 Å². The van der Waals surface area contributed by atoms with E-state index in [0.717, 1.165) is 32.1 Å². The molecular weight excluding hydrogens is 336 g/mol. The van der Waals surface area contributed by atoms with Gasteiger partial charge < -0.3 is 10.8 Å². The molecule has 1 amide bonds. The Morgan fingerprint density at radius 2 is 2.11 bits per heavy atom. The first-order valence-electron chi connectivity index (χ1n) is 10.4. The Hall–Kier alpha value is -1.68. The minimum absolute atomic E-state index is 0.192. The zero-order valence-electron chi connectivity index (χ0n) is 16.5. The minimum Gasteiger partial charge on any atom is -0.393 e. The fourth-order valence-corrected chi connectivity index (χ4v) is 6.72. The Labute approximate surface area is 162 Å². The van der Waals surface area contributed by atoms with Crippen LogP contribution in [0.15, 0.2) is 30.6 Å². The zero-order valence-corrected chi connectivity index (χ0v) is 16.5. The Morgan fingerprint density at radius 1 is 1.30 bits per heavy atom. The maximum atomic E-state index is 11.4. The second-order valence-corrected chi connectivity index (χ2v) is 9.49. The van der Waals surface area contributed by atoms with E-state index in [1.807, 2.05) is 18.5 Å². The lowest BCUT2D eigenvalue weighted by Gasteiger charge is -2.57. The number of primary amides is 1. The van der Waals surface area contributed by atoms with Gasteiger partial charge in [-0.15, -0.1) is 0 Å². The number of pyridine rings is 1. The minimum atomic E-state index is -0.324. The molecule has 3 aliphatic carbocycles. The lowest BCUT2D eigenvalue weighted by molar-refractivity contribution is -0.129. The number of nitrogens with two attached hydrogens (primary N) is 1. The summed E-state index contributed by atoms with van der Waals surface area (Å²) in [6, 6.07) is 4.20. The van der Waals surface area contributed by atoms with Crippen molar-refractivity contribution in [1.82, 2.24) is 4.98 Å². The van der Waals surface area contributed by atoms with Crippen LogP contribution in [0.3, 0.4) is 0 Å². The first-order chi connectivity index (χ1) is 12.9. The molecule has 0 spiro atoms. The highest BCUT2D eigenvalue weighted by molar-refractivity contribution is 5.74. The van der Waals surface area contributed by atoms with Crippen LogP contribution in [0, 0.1) is 28.6 Å². The number of hydrogen-bond acceptors (Lipinski definition) is 3. The van der Waals surface area contributed by atoms with E-state index >= 15 is 0 Å². The van der Waals surface area contributed by atoms with Gasteiger partial charge in [0.2, 0.25) is 5.91 Å². The molecule has 0 bridgehead atoms. The molecule has 2 saturated carbocycles. The van der Waals surface area contributed by atoms with E-state index in [-0.39, 0.29) is 22.8 Å². The molecule has 0 saturated heterocycles. The van der Waals surface area contributed by atoms with Gasteiger partial charge in [0.15, 0.2) is 0 Å². The van der Waals surface area contributed by atoms with Crippen molar-refractivity contribution in [3.63, 3.8) is 0 Å². The smallest absolute Gasteiger partial charge is 0.217 e. The lowest BCUT2D eigenvalue weighted by Crippen LogP contribution is -2.53. The number of amides is 1. The third-order valence-corrected chi connectivity index (χ3v) is 8.28. The fraction of sp³-hybridized carbons (Fsp3) is 0.652. The number of nitrogens with zero attached hydrogens (tertiary/aromatic N) is 1. The number of carbonyl (C=O) groups excluding carboxylic acids is 1. The second kappa shape index (κ2) is 6.73. The van der Waals surface area contributed by atoms with Gasteiger partial charge in [-0.05, 0) is 84.3 Å². The van der Waals surface area contributed by atoms with Crippen LogP contribution in [0.2, 0.25) is 0 Å². The van der Waals surface area contributed by atoms with E-state index in [0.29, 0.717) is 30.6 Å². The highest BCUT2D eigenvalue weighted by atomic mass is 16.3. The van der Waals surface area contributed by atoms with Gasteiger partial charge in [-0.2, -0.15) is 0 Å². The van der Waals surface area contributed by atoms with Crippen LogP contribution in [-0.4, -0.2) is 22.1 Å². The molecule has 27 heavy (non-hydrogen) atoms. The number of hydrogen-bond donors (Lipinski definition) is 2. The van der Waals surface area contributed by atoms with Gasteiger partial charge >= 0.3 is 0 Å². The molecule has 4 heteroatoms. The molecule has 1 aromatic heterocycles. The second-order valence-electron chi connectivity index (χ2n) is 9.49. The number of aliphatic hydroxyl groups excluding tert-OH is 1. The van der Waals surface area contributed by atoms with Crippen molar-refractivity contribution < 1.29 is 9.90 Å². The topological polar surface area (TPSA) is 76.2 Å². The molecule has 0 radical (unpaired) electrons. The third kappa shape index (κ3) is 2.93. The summed E-state index contributed by atoms with van der Waals surface area (Å²) < 4.78 is 0. The Morgan fingerprint density at radius 3 is 2.81 bits per heavy atom. The van der Waals surface area contributed by atoms with Crippen molar-refractivity contribution in [3.05, 3.63) is 36.2 Å². The maximum Gasteiger partial charge on any atom is 0.217 e.